The summed E-state index contributed by atoms with van der Waals surface area (Å²) in [6, 6.07) is 7.50. The van der Waals surface area contributed by atoms with Crippen molar-refractivity contribution in [2.45, 2.75) is 24.6 Å². The van der Waals surface area contributed by atoms with Crippen LogP contribution in [0, 0.1) is 0 Å². The summed E-state index contributed by atoms with van der Waals surface area (Å²) in [5.41, 5.74) is -0.504. The normalized spacial score (nSPS) is 28.2. The van der Waals surface area contributed by atoms with Crippen molar-refractivity contribution in [2.24, 2.45) is 0 Å². The second kappa shape index (κ2) is 5.11. The van der Waals surface area contributed by atoms with Gasteiger partial charge in [-0.05, 0) is 17.5 Å². The molecule has 0 aromatic heterocycles. The van der Waals surface area contributed by atoms with Crippen LogP contribution in [-0.2, 0) is 20.7 Å². The van der Waals surface area contributed by atoms with E-state index in [9.17, 15) is 14.0 Å². The molecule has 1 N–H and O–H groups in total. The first-order valence-electron chi connectivity index (χ1n) is 6.92. The van der Waals surface area contributed by atoms with Crippen molar-refractivity contribution in [1.29, 1.82) is 0 Å². The van der Waals surface area contributed by atoms with Crippen LogP contribution in [0.25, 0.3) is 0 Å². The highest BCUT2D eigenvalue weighted by molar-refractivity contribution is 5.86. The van der Waals surface area contributed by atoms with Crippen molar-refractivity contribution < 1.29 is 23.8 Å². The fourth-order valence-corrected chi connectivity index (χ4v) is 2.90. The third-order valence-corrected chi connectivity index (χ3v) is 4.13. The molecule has 3 rings (SSSR count). The van der Waals surface area contributed by atoms with Gasteiger partial charge in [0.15, 0.2) is 6.10 Å². The number of aliphatic carboxylic acids is 1. The predicted octanol–water partition coefficient (Wildman–Crippen LogP) is 1.33. The fraction of sp³-hybridized carbons (Fsp3) is 0.467. The molecule has 5 nitrogen and oxygen atoms in total. The van der Waals surface area contributed by atoms with Gasteiger partial charge >= 0.3 is 5.97 Å². The molecule has 1 amide bonds. The lowest BCUT2D eigenvalue weighted by molar-refractivity contribution is -0.151. The van der Waals surface area contributed by atoms with E-state index in [1.165, 1.54) is 4.90 Å². The molecule has 1 saturated heterocycles. The number of nitrogens with zero attached hydrogens (tertiary/aromatic N) is 1. The zero-order valence-corrected chi connectivity index (χ0v) is 11.4. The predicted molar refractivity (Wildman–Crippen MR) is 71.5 cm³/mol. The molecule has 2 aliphatic heterocycles. The van der Waals surface area contributed by atoms with Gasteiger partial charge in [-0.2, -0.15) is 0 Å². The summed E-state index contributed by atoms with van der Waals surface area (Å²) in [6.45, 7) is 0.119. The lowest BCUT2D eigenvalue weighted by Crippen LogP contribution is -2.41. The summed E-state index contributed by atoms with van der Waals surface area (Å²) in [4.78, 5) is 24.7. The van der Waals surface area contributed by atoms with Gasteiger partial charge in [-0.15, -0.1) is 0 Å². The number of ether oxygens (including phenoxy) is 1. The molecule has 0 spiro atoms. The molecule has 1 aromatic rings. The van der Waals surface area contributed by atoms with Crippen LogP contribution in [0.2, 0.25) is 0 Å². The van der Waals surface area contributed by atoms with Crippen LogP contribution in [0.15, 0.2) is 24.3 Å². The van der Waals surface area contributed by atoms with E-state index in [4.69, 9.17) is 9.84 Å². The largest absolute Gasteiger partial charge is 0.479 e. The van der Waals surface area contributed by atoms with Gasteiger partial charge in [0, 0.05) is 13.0 Å². The number of carbonyl (C=O) groups is 2. The van der Waals surface area contributed by atoms with Crippen LogP contribution >= 0.6 is 0 Å². The molecule has 21 heavy (non-hydrogen) atoms. The molecule has 0 saturated carbocycles. The second-order valence-electron chi connectivity index (χ2n) is 5.48. The number of likely N-dealkylation sites (tertiary alicyclic amines) is 1. The molecule has 0 aliphatic carbocycles. The minimum atomic E-state index is -2.34. The molecule has 2 atom stereocenters. The van der Waals surface area contributed by atoms with E-state index in [0.717, 1.165) is 17.5 Å². The second-order valence-corrected chi connectivity index (χ2v) is 5.48. The maximum atomic E-state index is 14.1. The summed E-state index contributed by atoms with van der Waals surface area (Å²) in [7, 11) is 0. The highest BCUT2D eigenvalue weighted by Crippen LogP contribution is 2.32. The quantitative estimate of drug-likeness (QED) is 0.893. The number of hydrogen-bond donors (Lipinski definition) is 1. The van der Waals surface area contributed by atoms with Gasteiger partial charge in [0.1, 0.15) is 0 Å². The van der Waals surface area contributed by atoms with Crippen LogP contribution in [0.4, 0.5) is 4.39 Å². The fourth-order valence-electron chi connectivity index (χ4n) is 2.90. The Morgan fingerprint density at radius 1 is 1.38 bits per heavy atom. The van der Waals surface area contributed by atoms with Crippen molar-refractivity contribution in [3.63, 3.8) is 0 Å². The van der Waals surface area contributed by atoms with Gasteiger partial charge in [-0.1, -0.05) is 24.3 Å². The van der Waals surface area contributed by atoms with E-state index in [0.29, 0.717) is 6.61 Å². The first-order chi connectivity index (χ1) is 10.0. The molecule has 1 fully saturated rings. The number of halogens is 1. The van der Waals surface area contributed by atoms with E-state index >= 15 is 0 Å². The highest BCUT2D eigenvalue weighted by Gasteiger charge is 2.48. The average molecular weight is 293 g/mol. The Morgan fingerprint density at radius 2 is 2.14 bits per heavy atom. The summed E-state index contributed by atoms with van der Waals surface area (Å²) in [5, 5.41) is 8.90. The molecule has 2 heterocycles. The number of amides is 1. The minimum absolute atomic E-state index is 0.101. The van der Waals surface area contributed by atoms with Crippen molar-refractivity contribution in [3.05, 3.63) is 35.4 Å². The number of fused-ring (bicyclic) bond motifs is 1. The standard InChI is InChI=1S/C15H16FNO4/c16-15(14(19)20)6-7-17(9-15)13(18)12-11-4-2-1-3-10(11)5-8-21-12/h1-4,12H,5-9H2,(H,19,20). The monoisotopic (exact) mass is 293 g/mol. The first-order valence-corrected chi connectivity index (χ1v) is 6.92. The molecular formula is C15H16FNO4. The Kier molecular flexibility index (Phi) is 3.41. The van der Waals surface area contributed by atoms with Crippen molar-refractivity contribution in [3.8, 4) is 0 Å². The van der Waals surface area contributed by atoms with Gasteiger partial charge in [0.05, 0.1) is 13.2 Å². The number of carbonyl (C=O) groups excluding carboxylic acids is 1. The Balaban J connectivity index is 1.80. The number of benzene rings is 1. The summed E-state index contributed by atoms with van der Waals surface area (Å²) in [6.07, 6.45) is -0.198. The smallest absolute Gasteiger partial charge is 0.343 e. The van der Waals surface area contributed by atoms with E-state index in [2.05, 4.69) is 0 Å². The highest BCUT2D eigenvalue weighted by atomic mass is 19.1. The zero-order chi connectivity index (χ0) is 15.0. The molecular weight excluding hydrogens is 277 g/mol. The van der Waals surface area contributed by atoms with Crippen molar-refractivity contribution >= 4 is 11.9 Å². The lowest BCUT2D eigenvalue weighted by Gasteiger charge is -2.28. The van der Waals surface area contributed by atoms with Gasteiger partial charge in [-0.25, -0.2) is 9.18 Å². The molecule has 0 bridgehead atoms. The molecule has 112 valence electrons. The topological polar surface area (TPSA) is 66.8 Å². The lowest BCUT2D eigenvalue weighted by atomic mass is 9.97. The Bertz CT molecular complexity index is 591. The average Bonchev–Trinajstić information content (AvgIpc) is 2.90. The maximum absolute atomic E-state index is 14.1. The van der Waals surface area contributed by atoms with Gasteiger partial charge in [0.25, 0.3) is 5.91 Å². The molecule has 0 radical (unpaired) electrons. The third-order valence-electron chi connectivity index (χ3n) is 4.13. The molecule has 6 heteroatoms. The van der Waals surface area contributed by atoms with Crippen LogP contribution < -0.4 is 0 Å². The molecule has 1 aromatic carbocycles. The van der Waals surface area contributed by atoms with Crippen LogP contribution in [0.3, 0.4) is 0 Å². The number of hydrogen-bond acceptors (Lipinski definition) is 3. The van der Waals surface area contributed by atoms with Gasteiger partial charge in [0.2, 0.25) is 5.67 Å². The van der Waals surface area contributed by atoms with Gasteiger partial charge in [-0.3, -0.25) is 4.79 Å². The van der Waals surface area contributed by atoms with E-state index in [1.54, 1.807) is 0 Å². The molecule has 2 unspecified atom stereocenters. The molecule has 2 aliphatic rings. The number of rotatable bonds is 2. The minimum Gasteiger partial charge on any atom is -0.479 e. The van der Waals surface area contributed by atoms with Crippen LogP contribution in [-0.4, -0.2) is 47.2 Å². The summed E-state index contributed by atoms with van der Waals surface area (Å²) in [5.74, 6) is -1.87. The summed E-state index contributed by atoms with van der Waals surface area (Å²) >= 11 is 0. The maximum Gasteiger partial charge on any atom is 0.343 e. The van der Waals surface area contributed by atoms with E-state index in [1.807, 2.05) is 24.3 Å². The summed E-state index contributed by atoms with van der Waals surface area (Å²) < 4.78 is 19.6. The first kappa shape index (κ1) is 14.0. The Hall–Kier alpha value is -1.95. The van der Waals surface area contributed by atoms with E-state index < -0.39 is 24.3 Å². The number of carboxylic acid groups (broad SMARTS) is 1. The van der Waals surface area contributed by atoms with Gasteiger partial charge < -0.3 is 14.7 Å². The van der Waals surface area contributed by atoms with Crippen molar-refractivity contribution in [1.82, 2.24) is 4.90 Å². The Labute approximate surface area is 121 Å². The third kappa shape index (κ3) is 2.40. The SMILES string of the molecule is O=C(C1OCCc2ccccc21)N1CCC(F)(C(=O)O)C1. The van der Waals surface area contributed by atoms with E-state index in [-0.39, 0.29) is 18.9 Å². The van der Waals surface area contributed by atoms with Crippen molar-refractivity contribution in [2.75, 3.05) is 19.7 Å². The number of carboxylic acids is 1. The number of alkyl halides is 1. The zero-order valence-electron chi connectivity index (χ0n) is 11.4. The van der Waals surface area contributed by atoms with Crippen LogP contribution in [0.5, 0.6) is 0 Å². The van der Waals surface area contributed by atoms with Crippen LogP contribution in [0.1, 0.15) is 23.7 Å². The Morgan fingerprint density at radius 3 is 2.86 bits per heavy atom.